The largest absolute Gasteiger partial charge is 0.573 e. The van der Waals surface area contributed by atoms with Crippen molar-refractivity contribution in [3.63, 3.8) is 0 Å². The number of anilines is 1. The molecule has 1 aromatic rings. The molecule has 1 aromatic carbocycles. The van der Waals surface area contributed by atoms with Crippen LogP contribution in [0, 0.1) is 5.92 Å². The minimum Gasteiger partial charge on any atom is -0.406 e. The summed E-state index contributed by atoms with van der Waals surface area (Å²) in [6.45, 7) is 1.55. The fraction of sp³-hybridized carbons (Fsp3) is 0.462. The third kappa shape index (κ3) is 4.41. The summed E-state index contributed by atoms with van der Waals surface area (Å²) in [6, 6.07) is 5.28. The van der Waals surface area contributed by atoms with Crippen LogP contribution in [0.1, 0.15) is 12.8 Å². The van der Waals surface area contributed by atoms with E-state index in [1.165, 1.54) is 18.2 Å². The molecule has 2 N–H and O–H groups in total. The minimum absolute atomic E-state index is 0.108. The van der Waals surface area contributed by atoms with Crippen molar-refractivity contribution in [2.75, 3.05) is 18.4 Å². The van der Waals surface area contributed by atoms with Crippen molar-refractivity contribution in [1.82, 2.24) is 5.32 Å². The maximum absolute atomic E-state index is 12.1. The zero-order valence-corrected chi connectivity index (χ0v) is 10.7. The molecule has 110 valence electrons. The maximum Gasteiger partial charge on any atom is 0.573 e. The Kier molecular flexibility index (Phi) is 4.49. The molecule has 1 saturated heterocycles. The number of rotatable bonds is 3. The molecule has 2 rings (SSSR count). The lowest BCUT2D eigenvalue weighted by Gasteiger charge is -2.21. The smallest absolute Gasteiger partial charge is 0.406 e. The fourth-order valence-corrected chi connectivity index (χ4v) is 2.10. The first kappa shape index (κ1) is 14.6. The number of hydrogen-bond donors (Lipinski definition) is 2. The van der Waals surface area contributed by atoms with Crippen LogP contribution in [-0.4, -0.2) is 25.4 Å². The molecule has 1 amide bonds. The summed E-state index contributed by atoms with van der Waals surface area (Å²) in [5.41, 5.74) is 0.301. The number of alkyl halides is 3. The van der Waals surface area contributed by atoms with Gasteiger partial charge in [0.2, 0.25) is 5.91 Å². The van der Waals surface area contributed by atoms with Gasteiger partial charge < -0.3 is 15.4 Å². The van der Waals surface area contributed by atoms with Crippen molar-refractivity contribution in [1.29, 1.82) is 0 Å². The van der Waals surface area contributed by atoms with Gasteiger partial charge in [-0.1, -0.05) is 6.07 Å². The summed E-state index contributed by atoms with van der Waals surface area (Å²) >= 11 is 0. The second kappa shape index (κ2) is 6.13. The quantitative estimate of drug-likeness (QED) is 0.898. The molecule has 1 fully saturated rings. The average Bonchev–Trinajstić information content (AvgIpc) is 2.38. The third-order valence-electron chi connectivity index (χ3n) is 3.05. The predicted octanol–water partition coefficient (Wildman–Crippen LogP) is 2.52. The number of benzene rings is 1. The van der Waals surface area contributed by atoms with Crippen molar-refractivity contribution >= 4 is 11.6 Å². The number of amides is 1. The lowest BCUT2D eigenvalue weighted by molar-refractivity contribution is -0.274. The standard InChI is InChI=1S/C13H15F3N2O2/c14-13(15,16)20-11-3-1-2-10(8-11)18-12(19)9-4-6-17-7-5-9/h1-3,8-9,17H,4-7H2,(H,18,19). The molecule has 0 atom stereocenters. The molecule has 1 heterocycles. The molecule has 20 heavy (non-hydrogen) atoms. The molecule has 7 heteroatoms. The van der Waals surface area contributed by atoms with Gasteiger partial charge in [-0.2, -0.15) is 0 Å². The van der Waals surface area contributed by atoms with Crippen LogP contribution in [0.4, 0.5) is 18.9 Å². The molecule has 1 aliphatic heterocycles. The predicted molar refractivity (Wildman–Crippen MR) is 67.3 cm³/mol. The molecule has 0 spiro atoms. The van der Waals surface area contributed by atoms with E-state index in [1.54, 1.807) is 0 Å². The Labute approximate surface area is 114 Å². The highest BCUT2D eigenvalue weighted by Crippen LogP contribution is 2.25. The van der Waals surface area contributed by atoms with Crippen LogP contribution in [0.15, 0.2) is 24.3 Å². The van der Waals surface area contributed by atoms with Crippen LogP contribution in [0.5, 0.6) is 5.75 Å². The van der Waals surface area contributed by atoms with Gasteiger partial charge in [0.15, 0.2) is 0 Å². The third-order valence-corrected chi connectivity index (χ3v) is 3.05. The van der Waals surface area contributed by atoms with Gasteiger partial charge in [-0.05, 0) is 38.1 Å². The lowest BCUT2D eigenvalue weighted by Crippen LogP contribution is -2.34. The summed E-state index contributed by atoms with van der Waals surface area (Å²) in [5, 5.41) is 5.77. The lowest BCUT2D eigenvalue weighted by atomic mass is 9.97. The molecule has 0 radical (unpaired) electrons. The van der Waals surface area contributed by atoms with E-state index in [9.17, 15) is 18.0 Å². The van der Waals surface area contributed by atoms with Crippen molar-refractivity contribution in [2.45, 2.75) is 19.2 Å². The van der Waals surface area contributed by atoms with E-state index in [0.29, 0.717) is 5.69 Å². The normalized spacial score (nSPS) is 16.8. The topological polar surface area (TPSA) is 50.4 Å². The highest BCUT2D eigenvalue weighted by molar-refractivity contribution is 5.92. The highest BCUT2D eigenvalue weighted by Gasteiger charge is 2.31. The van der Waals surface area contributed by atoms with Gasteiger partial charge >= 0.3 is 6.36 Å². The van der Waals surface area contributed by atoms with Gasteiger partial charge in [-0.15, -0.1) is 13.2 Å². The maximum atomic E-state index is 12.1. The molecule has 0 bridgehead atoms. The van der Waals surface area contributed by atoms with Gasteiger partial charge in [-0.25, -0.2) is 0 Å². The van der Waals surface area contributed by atoms with E-state index in [1.807, 2.05) is 0 Å². The number of ether oxygens (including phenoxy) is 1. The van der Waals surface area contributed by atoms with Gasteiger partial charge in [0.1, 0.15) is 5.75 Å². The van der Waals surface area contributed by atoms with Crippen molar-refractivity contribution in [3.05, 3.63) is 24.3 Å². The minimum atomic E-state index is -4.74. The zero-order chi connectivity index (χ0) is 14.6. The highest BCUT2D eigenvalue weighted by atomic mass is 19.4. The first-order chi connectivity index (χ1) is 9.44. The second-order valence-corrected chi connectivity index (χ2v) is 4.59. The summed E-state index contributed by atoms with van der Waals surface area (Å²) in [6.07, 6.45) is -3.28. The first-order valence-corrected chi connectivity index (χ1v) is 6.31. The van der Waals surface area contributed by atoms with E-state index in [4.69, 9.17) is 0 Å². The molecular formula is C13H15F3N2O2. The van der Waals surface area contributed by atoms with E-state index >= 15 is 0 Å². The Morgan fingerprint density at radius 3 is 2.65 bits per heavy atom. The van der Waals surface area contributed by atoms with Gasteiger partial charge in [0, 0.05) is 17.7 Å². The van der Waals surface area contributed by atoms with E-state index in [-0.39, 0.29) is 17.6 Å². The monoisotopic (exact) mass is 288 g/mol. The summed E-state index contributed by atoms with van der Waals surface area (Å²) < 4.78 is 40.1. The number of carbonyl (C=O) groups excluding carboxylic acids is 1. The van der Waals surface area contributed by atoms with Crippen LogP contribution in [0.3, 0.4) is 0 Å². The Bertz CT molecular complexity index is 471. The molecule has 1 aliphatic rings. The van der Waals surface area contributed by atoms with Crippen molar-refractivity contribution in [3.8, 4) is 5.75 Å². The van der Waals surface area contributed by atoms with Crippen LogP contribution in [0.2, 0.25) is 0 Å². The number of hydrogen-bond acceptors (Lipinski definition) is 3. The van der Waals surface area contributed by atoms with Crippen LogP contribution in [-0.2, 0) is 4.79 Å². The zero-order valence-electron chi connectivity index (χ0n) is 10.7. The fourth-order valence-electron chi connectivity index (χ4n) is 2.10. The molecule has 0 saturated carbocycles. The Balaban J connectivity index is 1.98. The number of piperidine rings is 1. The summed E-state index contributed by atoms with van der Waals surface area (Å²) in [4.78, 5) is 12.0. The van der Waals surface area contributed by atoms with E-state index in [0.717, 1.165) is 32.0 Å². The molecule has 4 nitrogen and oxygen atoms in total. The van der Waals surface area contributed by atoms with E-state index < -0.39 is 6.36 Å². The van der Waals surface area contributed by atoms with Crippen LogP contribution < -0.4 is 15.4 Å². The molecule has 0 aliphatic carbocycles. The number of nitrogens with one attached hydrogen (secondary N) is 2. The van der Waals surface area contributed by atoms with E-state index in [2.05, 4.69) is 15.4 Å². The van der Waals surface area contributed by atoms with Gasteiger partial charge in [-0.3, -0.25) is 4.79 Å². The Hall–Kier alpha value is -1.76. The first-order valence-electron chi connectivity index (χ1n) is 6.31. The molecular weight excluding hydrogens is 273 g/mol. The molecule has 0 aromatic heterocycles. The van der Waals surface area contributed by atoms with Crippen LogP contribution in [0.25, 0.3) is 0 Å². The molecule has 0 unspecified atom stereocenters. The van der Waals surface area contributed by atoms with Gasteiger partial charge in [0.05, 0.1) is 0 Å². The summed E-state index contributed by atoms with van der Waals surface area (Å²) in [7, 11) is 0. The second-order valence-electron chi connectivity index (χ2n) is 4.59. The average molecular weight is 288 g/mol. The van der Waals surface area contributed by atoms with Gasteiger partial charge in [0.25, 0.3) is 0 Å². The van der Waals surface area contributed by atoms with Crippen LogP contribution >= 0.6 is 0 Å². The number of halogens is 3. The SMILES string of the molecule is O=C(Nc1cccc(OC(F)(F)F)c1)C1CCNCC1. The Morgan fingerprint density at radius 2 is 2.00 bits per heavy atom. The van der Waals surface area contributed by atoms with Crippen molar-refractivity contribution in [2.24, 2.45) is 5.92 Å². The van der Waals surface area contributed by atoms with Crippen molar-refractivity contribution < 1.29 is 22.7 Å². The summed E-state index contributed by atoms with van der Waals surface area (Å²) in [5.74, 6) is -0.625. The number of carbonyl (C=O) groups is 1. The Morgan fingerprint density at radius 1 is 1.30 bits per heavy atom.